The van der Waals surface area contributed by atoms with Gasteiger partial charge in [0.05, 0.1) is 5.92 Å². The normalized spacial score (nSPS) is 16.9. The number of rotatable bonds is 3. The van der Waals surface area contributed by atoms with Crippen molar-refractivity contribution in [3.05, 3.63) is 64.7 Å². The monoisotopic (exact) mass is 265 g/mol. The van der Waals surface area contributed by atoms with Gasteiger partial charge in [0.25, 0.3) is 0 Å². The minimum atomic E-state index is -0.0580. The van der Waals surface area contributed by atoms with Gasteiger partial charge in [-0.05, 0) is 42.5 Å². The van der Waals surface area contributed by atoms with Gasteiger partial charge in [0, 0.05) is 5.69 Å². The third kappa shape index (κ3) is 2.34. The molecule has 2 aromatic carbocycles. The van der Waals surface area contributed by atoms with Gasteiger partial charge in [-0.15, -0.1) is 0 Å². The summed E-state index contributed by atoms with van der Waals surface area (Å²) in [7, 11) is 0. The zero-order chi connectivity index (χ0) is 14.1. The number of aryl methyl sites for hydroxylation is 2. The predicted molar refractivity (Wildman–Crippen MR) is 82.1 cm³/mol. The molecule has 2 heteroatoms. The van der Waals surface area contributed by atoms with Gasteiger partial charge in [-0.1, -0.05) is 48.9 Å². The molecule has 102 valence electrons. The topological polar surface area (TPSA) is 29.1 Å². The Labute approximate surface area is 119 Å². The van der Waals surface area contributed by atoms with E-state index in [4.69, 9.17) is 0 Å². The second kappa shape index (κ2) is 5.12. The number of fused-ring (bicyclic) bond motifs is 1. The van der Waals surface area contributed by atoms with E-state index >= 15 is 0 Å². The number of anilines is 1. The second-order valence-electron chi connectivity index (χ2n) is 5.51. The van der Waals surface area contributed by atoms with Crippen LogP contribution in [0.2, 0.25) is 0 Å². The van der Waals surface area contributed by atoms with E-state index in [0.717, 1.165) is 24.1 Å². The molecule has 1 aliphatic heterocycles. The largest absolute Gasteiger partial charge is 0.325 e. The summed E-state index contributed by atoms with van der Waals surface area (Å²) in [6.45, 7) is 4.22. The van der Waals surface area contributed by atoms with Crippen LogP contribution in [-0.2, 0) is 17.6 Å². The van der Waals surface area contributed by atoms with Gasteiger partial charge in [-0.3, -0.25) is 4.79 Å². The van der Waals surface area contributed by atoms with Crippen LogP contribution >= 0.6 is 0 Å². The van der Waals surface area contributed by atoms with Crippen molar-refractivity contribution in [3.63, 3.8) is 0 Å². The first kappa shape index (κ1) is 12.9. The number of carbonyl (C=O) groups excluding carboxylic acids is 1. The van der Waals surface area contributed by atoms with Crippen LogP contribution in [0.5, 0.6) is 0 Å². The Hall–Kier alpha value is -2.09. The van der Waals surface area contributed by atoms with E-state index in [2.05, 4.69) is 49.5 Å². The minimum Gasteiger partial charge on any atom is -0.325 e. The van der Waals surface area contributed by atoms with E-state index in [0.29, 0.717) is 0 Å². The average Bonchev–Trinajstić information content (AvgIpc) is 2.76. The van der Waals surface area contributed by atoms with Crippen LogP contribution in [0.3, 0.4) is 0 Å². The lowest BCUT2D eigenvalue weighted by Gasteiger charge is -2.10. The summed E-state index contributed by atoms with van der Waals surface area (Å²) >= 11 is 0. The van der Waals surface area contributed by atoms with Gasteiger partial charge in [0.2, 0.25) is 5.91 Å². The molecule has 3 rings (SSSR count). The highest BCUT2D eigenvalue weighted by atomic mass is 16.2. The van der Waals surface area contributed by atoms with Crippen molar-refractivity contribution >= 4 is 11.6 Å². The van der Waals surface area contributed by atoms with E-state index in [1.807, 2.05) is 12.1 Å². The van der Waals surface area contributed by atoms with Crippen LogP contribution in [-0.4, -0.2) is 5.91 Å². The van der Waals surface area contributed by atoms with Crippen molar-refractivity contribution in [2.45, 2.75) is 32.6 Å². The van der Waals surface area contributed by atoms with Crippen LogP contribution in [0.1, 0.15) is 35.1 Å². The highest BCUT2D eigenvalue weighted by Crippen LogP contribution is 2.35. The lowest BCUT2D eigenvalue weighted by atomic mass is 9.92. The van der Waals surface area contributed by atoms with E-state index in [1.54, 1.807) is 0 Å². The predicted octanol–water partition coefficient (Wildman–Crippen LogP) is 3.84. The van der Waals surface area contributed by atoms with Gasteiger partial charge in [0.15, 0.2) is 0 Å². The number of carbonyl (C=O) groups is 1. The Morgan fingerprint density at radius 2 is 1.75 bits per heavy atom. The summed E-state index contributed by atoms with van der Waals surface area (Å²) in [4.78, 5) is 12.2. The molecule has 1 amide bonds. The second-order valence-corrected chi connectivity index (χ2v) is 5.51. The quantitative estimate of drug-likeness (QED) is 0.897. The molecule has 0 aliphatic carbocycles. The highest BCUT2D eigenvalue weighted by molar-refractivity contribution is 6.03. The van der Waals surface area contributed by atoms with Crippen molar-refractivity contribution in [2.24, 2.45) is 0 Å². The molecule has 0 aromatic heterocycles. The zero-order valence-electron chi connectivity index (χ0n) is 11.9. The molecule has 0 saturated heterocycles. The Morgan fingerprint density at radius 1 is 1.05 bits per heavy atom. The van der Waals surface area contributed by atoms with E-state index in [-0.39, 0.29) is 11.8 Å². The summed E-state index contributed by atoms with van der Waals surface area (Å²) in [6.07, 6.45) is 1.82. The molecule has 2 aromatic rings. The number of benzene rings is 2. The average molecular weight is 265 g/mol. The standard InChI is InChI=1S/C18H19NO/c1-3-13-5-7-14(8-6-13)11-16-15-10-12(2)4-9-17(15)19-18(16)20/h4-10,16H,3,11H2,1-2H3,(H,19,20)/t16-/m1/s1. The molecule has 1 aliphatic rings. The van der Waals surface area contributed by atoms with E-state index < -0.39 is 0 Å². The summed E-state index contributed by atoms with van der Waals surface area (Å²) in [5.74, 6) is 0.0579. The molecule has 1 N–H and O–H groups in total. The lowest BCUT2D eigenvalue weighted by molar-refractivity contribution is -0.117. The summed E-state index contributed by atoms with van der Waals surface area (Å²) in [5.41, 5.74) is 5.86. The maximum Gasteiger partial charge on any atom is 0.232 e. The van der Waals surface area contributed by atoms with Crippen molar-refractivity contribution in [3.8, 4) is 0 Å². The van der Waals surface area contributed by atoms with Crippen molar-refractivity contribution in [1.29, 1.82) is 0 Å². The Kier molecular flexibility index (Phi) is 3.31. The van der Waals surface area contributed by atoms with Crippen LogP contribution in [0.15, 0.2) is 42.5 Å². The van der Waals surface area contributed by atoms with Crippen molar-refractivity contribution in [1.82, 2.24) is 0 Å². The molecule has 0 radical (unpaired) electrons. The molecular weight excluding hydrogens is 246 g/mol. The van der Waals surface area contributed by atoms with Crippen LogP contribution in [0.4, 0.5) is 5.69 Å². The summed E-state index contributed by atoms with van der Waals surface area (Å²) < 4.78 is 0. The molecule has 1 atom stereocenters. The molecule has 0 saturated carbocycles. The first-order valence-electron chi connectivity index (χ1n) is 7.16. The van der Waals surface area contributed by atoms with E-state index in [1.165, 1.54) is 16.7 Å². The number of hydrogen-bond donors (Lipinski definition) is 1. The molecule has 2 nitrogen and oxygen atoms in total. The molecule has 0 fully saturated rings. The van der Waals surface area contributed by atoms with Gasteiger partial charge < -0.3 is 5.32 Å². The van der Waals surface area contributed by atoms with Crippen LogP contribution in [0.25, 0.3) is 0 Å². The molecule has 20 heavy (non-hydrogen) atoms. The summed E-state index contributed by atoms with van der Waals surface area (Å²) in [6, 6.07) is 14.7. The lowest BCUT2D eigenvalue weighted by Crippen LogP contribution is -2.14. The van der Waals surface area contributed by atoms with Crippen molar-refractivity contribution < 1.29 is 4.79 Å². The minimum absolute atomic E-state index is 0.0580. The molecule has 0 unspecified atom stereocenters. The fourth-order valence-electron chi connectivity index (χ4n) is 2.79. The van der Waals surface area contributed by atoms with Crippen molar-refractivity contribution in [2.75, 3.05) is 5.32 Å². The number of hydrogen-bond acceptors (Lipinski definition) is 1. The number of amides is 1. The summed E-state index contributed by atoms with van der Waals surface area (Å²) in [5, 5.41) is 2.98. The highest BCUT2D eigenvalue weighted by Gasteiger charge is 2.30. The van der Waals surface area contributed by atoms with Gasteiger partial charge >= 0.3 is 0 Å². The third-order valence-corrected chi connectivity index (χ3v) is 4.03. The Morgan fingerprint density at radius 3 is 2.45 bits per heavy atom. The van der Waals surface area contributed by atoms with Gasteiger partial charge in [0.1, 0.15) is 0 Å². The first-order chi connectivity index (χ1) is 9.67. The Balaban J connectivity index is 1.87. The fraction of sp³-hybridized carbons (Fsp3) is 0.278. The molecule has 0 bridgehead atoms. The maximum atomic E-state index is 12.2. The Bertz CT molecular complexity index is 643. The third-order valence-electron chi connectivity index (χ3n) is 4.03. The van der Waals surface area contributed by atoms with Gasteiger partial charge in [-0.2, -0.15) is 0 Å². The zero-order valence-corrected chi connectivity index (χ0v) is 11.9. The molecule has 1 heterocycles. The number of nitrogens with one attached hydrogen (secondary N) is 1. The fourth-order valence-corrected chi connectivity index (χ4v) is 2.79. The smallest absolute Gasteiger partial charge is 0.232 e. The van der Waals surface area contributed by atoms with Crippen LogP contribution in [0, 0.1) is 6.92 Å². The molecule has 0 spiro atoms. The maximum absolute atomic E-state index is 12.2. The molecular formula is C18H19NO. The van der Waals surface area contributed by atoms with Gasteiger partial charge in [-0.25, -0.2) is 0 Å². The SMILES string of the molecule is CCc1ccc(C[C@H]2C(=O)Nc3ccc(C)cc32)cc1. The first-order valence-corrected chi connectivity index (χ1v) is 7.16. The van der Waals surface area contributed by atoms with Crippen LogP contribution < -0.4 is 5.32 Å². The van der Waals surface area contributed by atoms with E-state index in [9.17, 15) is 4.79 Å².